The van der Waals surface area contributed by atoms with Gasteiger partial charge in [-0.1, -0.05) is 36.4 Å². The number of amides is 2. The third kappa shape index (κ3) is 5.25. The van der Waals surface area contributed by atoms with E-state index in [1.807, 2.05) is 30.3 Å². The highest BCUT2D eigenvalue weighted by Crippen LogP contribution is 2.27. The highest BCUT2D eigenvalue weighted by Gasteiger charge is 2.37. The molecule has 2 amide bonds. The van der Waals surface area contributed by atoms with Crippen molar-refractivity contribution in [1.29, 1.82) is 0 Å². The van der Waals surface area contributed by atoms with Gasteiger partial charge in [-0.15, -0.1) is 0 Å². The fourth-order valence-corrected chi connectivity index (χ4v) is 3.97. The lowest BCUT2D eigenvalue weighted by Crippen LogP contribution is -2.55. The van der Waals surface area contributed by atoms with E-state index < -0.39 is 40.0 Å². The average molecular weight is 458 g/mol. The third-order valence-corrected chi connectivity index (χ3v) is 5.82. The molecule has 0 aliphatic carbocycles. The Labute approximate surface area is 190 Å². The molecule has 0 unspecified atom stereocenters. The number of nitrogens with zero attached hydrogens (tertiary/aromatic N) is 2. The number of carboxylic acid groups (broad SMARTS) is 1. The van der Waals surface area contributed by atoms with Gasteiger partial charge < -0.3 is 15.3 Å². The SMILES string of the molecule is C[C@H](NC(=O)[C@@H](S)Cc1ccccc1)C(=O)N1Cc2cc([N+](=O)[O-])ccc2C[C@H]1C(=O)O. The van der Waals surface area contributed by atoms with E-state index in [0.717, 1.165) is 10.5 Å². The molecule has 32 heavy (non-hydrogen) atoms. The summed E-state index contributed by atoms with van der Waals surface area (Å²) in [6, 6.07) is 11.4. The predicted octanol–water partition coefficient (Wildman–Crippen LogP) is 1.98. The zero-order valence-electron chi connectivity index (χ0n) is 17.3. The average Bonchev–Trinajstić information content (AvgIpc) is 2.77. The smallest absolute Gasteiger partial charge is 0.326 e. The number of rotatable bonds is 7. The molecule has 0 bridgehead atoms. The molecule has 168 valence electrons. The van der Waals surface area contributed by atoms with Crippen LogP contribution in [0, 0.1) is 10.1 Å². The lowest BCUT2D eigenvalue weighted by Gasteiger charge is -2.36. The van der Waals surface area contributed by atoms with Gasteiger partial charge in [0.2, 0.25) is 11.8 Å². The number of hydrogen-bond acceptors (Lipinski definition) is 6. The summed E-state index contributed by atoms with van der Waals surface area (Å²) in [4.78, 5) is 49.1. The molecule has 2 N–H and O–H groups in total. The summed E-state index contributed by atoms with van der Waals surface area (Å²) < 4.78 is 0. The summed E-state index contributed by atoms with van der Waals surface area (Å²) in [5, 5.41) is 22.6. The Balaban J connectivity index is 1.72. The van der Waals surface area contributed by atoms with Gasteiger partial charge in [-0.25, -0.2) is 4.79 Å². The number of carboxylic acids is 1. The van der Waals surface area contributed by atoms with Crippen molar-refractivity contribution in [3.05, 3.63) is 75.3 Å². The van der Waals surface area contributed by atoms with Crippen molar-refractivity contribution in [2.45, 2.75) is 43.6 Å². The van der Waals surface area contributed by atoms with Crippen molar-refractivity contribution in [2.24, 2.45) is 0 Å². The van der Waals surface area contributed by atoms with Gasteiger partial charge in [0.1, 0.15) is 12.1 Å². The van der Waals surface area contributed by atoms with E-state index in [4.69, 9.17) is 0 Å². The minimum absolute atomic E-state index is 0.0261. The lowest BCUT2D eigenvalue weighted by molar-refractivity contribution is -0.385. The summed E-state index contributed by atoms with van der Waals surface area (Å²) in [5.74, 6) is -2.21. The van der Waals surface area contributed by atoms with Crippen LogP contribution in [0.25, 0.3) is 0 Å². The maximum atomic E-state index is 13.0. The van der Waals surface area contributed by atoms with Crippen LogP contribution < -0.4 is 5.32 Å². The van der Waals surface area contributed by atoms with Crippen LogP contribution >= 0.6 is 12.6 Å². The second-order valence-corrected chi connectivity index (χ2v) is 8.29. The summed E-state index contributed by atoms with van der Waals surface area (Å²) in [7, 11) is 0. The molecule has 3 atom stereocenters. The Bertz CT molecular complexity index is 1050. The maximum Gasteiger partial charge on any atom is 0.326 e. The maximum absolute atomic E-state index is 13.0. The first-order valence-electron chi connectivity index (χ1n) is 9.99. The Morgan fingerprint density at radius 2 is 1.91 bits per heavy atom. The number of nitro groups is 1. The molecule has 0 aromatic heterocycles. The number of hydrogen-bond donors (Lipinski definition) is 3. The summed E-state index contributed by atoms with van der Waals surface area (Å²) in [5.41, 5.74) is 1.94. The number of fused-ring (bicyclic) bond motifs is 1. The monoisotopic (exact) mass is 457 g/mol. The molecule has 0 spiro atoms. The summed E-state index contributed by atoms with van der Waals surface area (Å²) >= 11 is 4.33. The zero-order chi connectivity index (χ0) is 23.4. The molecular weight excluding hydrogens is 434 g/mol. The Hall–Kier alpha value is -3.40. The van der Waals surface area contributed by atoms with Gasteiger partial charge in [0, 0.05) is 25.1 Å². The molecule has 10 heteroatoms. The van der Waals surface area contributed by atoms with Crippen LogP contribution in [-0.2, 0) is 33.8 Å². The molecule has 0 saturated carbocycles. The number of non-ortho nitro benzene ring substituents is 1. The van der Waals surface area contributed by atoms with Gasteiger partial charge in [-0.05, 0) is 30.0 Å². The van der Waals surface area contributed by atoms with Crippen LogP contribution in [0.15, 0.2) is 48.5 Å². The molecule has 1 heterocycles. The number of aliphatic carboxylic acids is 1. The van der Waals surface area contributed by atoms with Crippen LogP contribution in [0.2, 0.25) is 0 Å². The standard InChI is InChI=1S/C22H23N3O6S/c1-13(23-20(26)19(32)9-14-5-3-2-4-6-14)21(27)24-12-16-10-17(25(30)31)8-7-15(16)11-18(24)22(28)29/h2-8,10,13,18-19,32H,9,11-12H2,1H3,(H,23,26)(H,28,29)/t13-,18-,19-/m0/s1. The van der Waals surface area contributed by atoms with Crippen LogP contribution in [-0.4, -0.2) is 50.0 Å². The van der Waals surface area contributed by atoms with E-state index in [1.54, 1.807) is 0 Å². The summed E-state index contributed by atoms with van der Waals surface area (Å²) in [6.07, 6.45) is 0.396. The molecule has 9 nitrogen and oxygen atoms in total. The van der Waals surface area contributed by atoms with Crippen molar-refractivity contribution in [2.75, 3.05) is 0 Å². The molecule has 1 aliphatic heterocycles. The second kappa shape index (κ2) is 9.82. The highest BCUT2D eigenvalue weighted by atomic mass is 32.1. The van der Waals surface area contributed by atoms with Crippen molar-refractivity contribution >= 4 is 36.1 Å². The number of benzene rings is 2. The van der Waals surface area contributed by atoms with Crippen LogP contribution in [0.3, 0.4) is 0 Å². The molecule has 3 rings (SSSR count). The first kappa shape index (κ1) is 23.3. The predicted molar refractivity (Wildman–Crippen MR) is 119 cm³/mol. The van der Waals surface area contributed by atoms with Crippen LogP contribution in [0.5, 0.6) is 0 Å². The van der Waals surface area contributed by atoms with Gasteiger partial charge in [-0.2, -0.15) is 12.6 Å². The zero-order valence-corrected chi connectivity index (χ0v) is 18.2. The highest BCUT2D eigenvalue weighted by molar-refractivity contribution is 7.81. The van der Waals surface area contributed by atoms with Gasteiger partial charge in [0.25, 0.3) is 5.69 Å². The number of nitrogens with one attached hydrogen (secondary N) is 1. The minimum atomic E-state index is -1.18. The normalized spacial score (nSPS) is 17.1. The van der Waals surface area contributed by atoms with Crippen LogP contribution in [0.1, 0.15) is 23.6 Å². The van der Waals surface area contributed by atoms with Crippen molar-refractivity contribution in [3.63, 3.8) is 0 Å². The van der Waals surface area contributed by atoms with E-state index in [-0.39, 0.29) is 18.7 Å². The molecule has 0 radical (unpaired) electrons. The van der Waals surface area contributed by atoms with Gasteiger partial charge in [-0.3, -0.25) is 19.7 Å². The number of carbonyl (C=O) groups is 3. The van der Waals surface area contributed by atoms with E-state index in [2.05, 4.69) is 17.9 Å². The van der Waals surface area contributed by atoms with E-state index in [0.29, 0.717) is 17.5 Å². The Morgan fingerprint density at radius 3 is 2.53 bits per heavy atom. The molecule has 2 aromatic rings. The van der Waals surface area contributed by atoms with Gasteiger partial charge >= 0.3 is 5.97 Å². The first-order valence-corrected chi connectivity index (χ1v) is 10.5. The lowest BCUT2D eigenvalue weighted by atomic mass is 9.93. The fraction of sp³-hybridized carbons (Fsp3) is 0.318. The van der Waals surface area contributed by atoms with Crippen molar-refractivity contribution in [1.82, 2.24) is 10.2 Å². The number of carbonyl (C=O) groups excluding carboxylic acids is 2. The third-order valence-electron chi connectivity index (χ3n) is 5.40. The Kier molecular flexibility index (Phi) is 7.14. The van der Waals surface area contributed by atoms with E-state index >= 15 is 0 Å². The van der Waals surface area contributed by atoms with Gasteiger partial charge in [0.05, 0.1) is 10.2 Å². The topological polar surface area (TPSA) is 130 Å². The number of nitro benzene ring substituents is 1. The fourth-order valence-electron chi connectivity index (χ4n) is 3.69. The molecule has 1 aliphatic rings. The van der Waals surface area contributed by atoms with Gasteiger partial charge in [0.15, 0.2) is 0 Å². The quantitative estimate of drug-likeness (QED) is 0.331. The first-order chi connectivity index (χ1) is 15.2. The summed E-state index contributed by atoms with van der Waals surface area (Å²) in [6.45, 7) is 1.38. The Morgan fingerprint density at radius 1 is 1.22 bits per heavy atom. The molecular formula is C22H23N3O6S. The largest absolute Gasteiger partial charge is 0.480 e. The number of thiol groups is 1. The molecule has 2 aromatic carbocycles. The second-order valence-electron chi connectivity index (χ2n) is 7.67. The molecule has 0 saturated heterocycles. The van der Waals surface area contributed by atoms with Crippen molar-refractivity contribution in [3.8, 4) is 0 Å². The minimum Gasteiger partial charge on any atom is -0.480 e. The van der Waals surface area contributed by atoms with E-state index in [1.165, 1.54) is 25.1 Å². The van der Waals surface area contributed by atoms with E-state index in [9.17, 15) is 29.6 Å². The van der Waals surface area contributed by atoms with Crippen molar-refractivity contribution < 1.29 is 24.4 Å². The van der Waals surface area contributed by atoms with Crippen LogP contribution in [0.4, 0.5) is 5.69 Å². The molecule has 0 fully saturated rings.